The molecule has 2 unspecified atom stereocenters. The number of rotatable bonds is 4. The van der Waals surface area contributed by atoms with Crippen LogP contribution in [0.1, 0.15) is 78.1 Å². The Morgan fingerprint density at radius 1 is 1.16 bits per heavy atom. The van der Waals surface area contributed by atoms with E-state index in [1.165, 1.54) is 12.8 Å². The van der Waals surface area contributed by atoms with Gasteiger partial charge in [0, 0.05) is 0 Å². The lowest BCUT2D eigenvalue weighted by Gasteiger charge is -2.47. The smallest absolute Gasteiger partial charge is 0.0863 e. The molecule has 2 aliphatic carbocycles. The summed E-state index contributed by atoms with van der Waals surface area (Å²) >= 11 is 0. The van der Waals surface area contributed by atoms with Crippen molar-refractivity contribution in [1.82, 2.24) is 0 Å². The van der Waals surface area contributed by atoms with Gasteiger partial charge in [0.2, 0.25) is 0 Å². The van der Waals surface area contributed by atoms with E-state index in [0.717, 1.165) is 57.3 Å². The van der Waals surface area contributed by atoms with Gasteiger partial charge in [0.15, 0.2) is 0 Å². The summed E-state index contributed by atoms with van der Waals surface area (Å²) in [5.41, 5.74) is -1.15. The predicted molar refractivity (Wildman–Crippen MR) is 77.5 cm³/mol. The second-order valence-electron chi connectivity index (χ2n) is 6.85. The van der Waals surface area contributed by atoms with Gasteiger partial charge in [-0.2, -0.15) is 5.26 Å². The van der Waals surface area contributed by atoms with Crippen LogP contribution in [0.2, 0.25) is 0 Å². The van der Waals surface area contributed by atoms with Crippen LogP contribution >= 0.6 is 0 Å². The van der Waals surface area contributed by atoms with Gasteiger partial charge in [-0.05, 0) is 50.4 Å². The molecule has 0 aromatic rings. The first kappa shape index (κ1) is 14.9. The van der Waals surface area contributed by atoms with Gasteiger partial charge >= 0.3 is 0 Å². The Hall–Kier alpha value is -0.550. The van der Waals surface area contributed by atoms with Crippen molar-refractivity contribution in [2.75, 3.05) is 0 Å². The van der Waals surface area contributed by atoms with E-state index >= 15 is 0 Å². The molecule has 0 aromatic heterocycles. The van der Waals surface area contributed by atoms with E-state index in [-0.39, 0.29) is 0 Å². The third-order valence-electron chi connectivity index (χ3n) is 5.98. The Labute approximate surface area is 118 Å². The van der Waals surface area contributed by atoms with E-state index in [4.69, 9.17) is 0 Å². The molecule has 0 amide bonds. The lowest BCUT2D eigenvalue weighted by molar-refractivity contribution is -0.106. The van der Waals surface area contributed by atoms with Crippen molar-refractivity contribution in [2.45, 2.75) is 83.7 Å². The molecule has 2 aliphatic rings. The van der Waals surface area contributed by atoms with Crippen LogP contribution in [0.25, 0.3) is 0 Å². The fraction of sp³-hybridized carbons (Fsp3) is 0.941. The highest BCUT2D eigenvalue weighted by Crippen LogP contribution is 2.56. The second-order valence-corrected chi connectivity index (χ2v) is 6.85. The average Bonchev–Trinajstić information content (AvgIpc) is 2.83. The molecule has 2 nitrogen and oxygen atoms in total. The van der Waals surface area contributed by atoms with Crippen LogP contribution in [0.5, 0.6) is 0 Å². The van der Waals surface area contributed by atoms with Crippen LogP contribution in [0.4, 0.5) is 0 Å². The number of aliphatic hydroxyl groups is 1. The summed E-state index contributed by atoms with van der Waals surface area (Å²) in [6, 6.07) is 2.58. The van der Waals surface area contributed by atoms with E-state index in [0.29, 0.717) is 5.92 Å². The van der Waals surface area contributed by atoms with Crippen molar-refractivity contribution in [1.29, 1.82) is 5.26 Å². The van der Waals surface area contributed by atoms with E-state index < -0.39 is 11.0 Å². The Kier molecular flexibility index (Phi) is 4.56. The van der Waals surface area contributed by atoms with Crippen LogP contribution < -0.4 is 0 Å². The quantitative estimate of drug-likeness (QED) is 0.815. The Balaban J connectivity index is 2.14. The summed E-state index contributed by atoms with van der Waals surface area (Å²) in [6.45, 7) is 4.40. The van der Waals surface area contributed by atoms with Crippen LogP contribution in [0.3, 0.4) is 0 Å². The zero-order valence-corrected chi connectivity index (χ0v) is 12.6. The maximum absolute atomic E-state index is 11.2. The summed E-state index contributed by atoms with van der Waals surface area (Å²) in [7, 11) is 0. The largest absolute Gasteiger partial charge is 0.388 e. The van der Waals surface area contributed by atoms with Crippen molar-refractivity contribution in [3.8, 4) is 6.07 Å². The summed E-state index contributed by atoms with van der Waals surface area (Å²) in [5, 5.41) is 21.0. The SMILES string of the molecule is CCCC1CCC(C#N)(C2(O)CCCC2CC)CC1. The fourth-order valence-electron chi connectivity index (χ4n) is 4.74. The molecule has 2 heteroatoms. The molecule has 0 aliphatic heterocycles. The normalized spacial score (nSPS) is 43.1. The molecule has 108 valence electrons. The predicted octanol–water partition coefficient (Wildman–Crippen LogP) is 4.43. The van der Waals surface area contributed by atoms with Crippen LogP contribution in [-0.2, 0) is 0 Å². The van der Waals surface area contributed by atoms with Crippen LogP contribution in [0.15, 0.2) is 0 Å². The van der Waals surface area contributed by atoms with Crippen molar-refractivity contribution in [3.63, 3.8) is 0 Å². The Morgan fingerprint density at radius 2 is 1.84 bits per heavy atom. The third kappa shape index (κ3) is 2.42. The van der Waals surface area contributed by atoms with Gasteiger partial charge in [-0.25, -0.2) is 0 Å². The molecule has 0 saturated heterocycles. The first-order valence-corrected chi connectivity index (χ1v) is 8.25. The van der Waals surface area contributed by atoms with Crippen molar-refractivity contribution >= 4 is 0 Å². The molecule has 2 fully saturated rings. The van der Waals surface area contributed by atoms with Gasteiger partial charge in [-0.3, -0.25) is 0 Å². The molecular weight excluding hydrogens is 234 g/mol. The zero-order chi connectivity index (χ0) is 13.9. The molecule has 0 aromatic carbocycles. The van der Waals surface area contributed by atoms with Gasteiger partial charge < -0.3 is 5.11 Å². The van der Waals surface area contributed by atoms with Crippen LogP contribution in [0, 0.1) is 28.6 Å². The van der Waals surface area contributed by atoms with Gasteiger partial charge in [0.05, 0.1) is 17.1 Å². The highest BCUT2D eigenvalue weighted by Gasteiger charge is 2.57. The molecular formula is C17H29NO. The minimum Gasteiger partial charge on any atom is -0.388 e. The molecule has 2 saturated carbocycles. The minimum atomic E-state index is -0.701. The molecule has 0 radical (unpaired) electrons. The first-order valence-electron chi connectivity index (χ1n) is 8.25. The van der Waals surface area contributed by atoms with Crippen molar-refractivity contribution in [2.24, 2.45) is 17.3 Å². The maximum Gasteiger partial charge on any atom is 0.0863 e. The van der Waals surface area contributed by atoms with Gasteiger partial charge in [-0.1, -0.05) is 39.5 Å². The van der Waals surface area contributed by atoms with Crippen molar-refractivity contribution < 1.29 is 5.11 Å². The third-order valence-corrected chi connectivity index (χ3v) is 5.98. The van der Waals surface area contributed by atoms with E-state index in [9.17, 15) is 10.4 Å². The molecule has 0 bridgehead atoms. The number of nitriles is 1. The first-order chi connectivity index (χ1) is 9.12. The van der Waals surface area contributed by atoms with E-state index in [2.05, 4.69) is 19.9 Å². The number of nitrogens with zero attached hydrogens (tertiary/aromatic N) is 1. The highest BCUT2D eigenvalue weighted by molar-refractivity contribution is 5.16. The number of hydrogen-bond donors (Lipinski definition) is 1. The summed E-state index contributed by atoms with van der Waals surface area (Å²) in [4.78, 5) is 0. The molecule has 19 heavy (non-hydrogen) atoms. The minimum absolute atomic E-state index is 0.342. The second kappa shape index (κ2) is 5.83. The van der Waals surface area contributed by atoms with E-state index in [1.54, 1.807) is 0 Å². The molecule has 2 rings (SSSR count). The fourth-order valence-corrected chi connectivity index (χ4v) is 4.74. The monoisotopic (exact) mass is 263 g/mol. The summed E-state index contributed by atoms with van der Waals surface area (Å²) in [5.74, 6) is 1.13. The van der Waals surface area contributed by atoms with Gasteiger partial charge in [-0.15, -0.1) is 0 Å². The number of hydrogen-bond acceptors (Lipinski definition) is 2. The highest BCUT2D eigenvalue weighted by atomic mass is 16.3. The average molecular weight is 263 g/mol. The zero-order valence-electron chi connectivity index (χ0n) is 12.6. The Bertz CT molecular complexity index is 338. The molecule has 0 spiro atoms. The van der Waals surface area contributed by atoms with E-state index in [1.807, 2.05) is 0 Å². The summed E-state index contributed by atoms with van der Waals surface area (Å²) in [6.07, 6.45) is 10.7. The van der Waals surface area contributed by atoms with Gasteiger partial charge in [0.1, 0.15) is 0 Å². The lowest BCUT2D eigenvalue weighted by Crippen LogP contribution is -2.51. The standard InChI is InChI=1S/C17H29NO/c1-3-6-14-8-11-16(13-18,12-9-14)17(19)10-5-7-15(17)4-2/h14-15,19H,3-12H2,1-2H3. The lowest BCUT2D eigenvalue weighted by atomic mass is 9.58. The van der Waals surface area contributed by atoms with Crippen molar-refractivity contribution in [3.05, 3.63) is 0 Å². The molecule has 0 heterocycles. The van der Waals surface area contributed by atoms with Gasteiger partial charge in [0.25, 0.3) is 0 Å². The Morgan fingerprint density at radius 3 is 2.37 bits per heavy atom. The summed E-state index contributed by atoms with van der Waals surface area (Å²) < 4.78 is 0. The topological polar surface area (TPSA) is 44.0 Å². The molecule has 1 N–H and O–H groups in total. The maximum atomic E-state index is 11.2. The molecule has 2 atom stereocenters. The van der Waals surface area contributed by atoms with Crippen LogP contribution in [-0.4, -0.2) is 10.7 Å².